The summed E-state index contributed by atoms with van der Waals surface area (Å²) in [6, 6.07) is 0. The molecular formula is C4H6ClF. The van der Waals surface area contributed by atoms with Gasteiger partial charge in [0, 0.05) is 0 Å². The van der Waals surface area contributed by atoms with Gasteiger partial charge in [0.05, 0.1) is 0 Å². The summed E-state index contributed by atoms with van der Waals surface area (Å²) in [6.45, 7) is 0. The van der Waals surface area contributed by atoms with Gasteiger partial charge in [-0.15, -0.1) is 0 Å². The van der Waals surface area contributed by atoms with E-state index in [2.05, 4.69) is 0 Å². The van der Waals surface area contributed by atoms with Gasteiger partial charge in [0.2, 0.25) is 0 Å². The van der Waals surface area contributed by atoms with Crippen LogP contribution in [0.15, 0.2) is 0 Å². The Hall–Kier alpha value is 0.220. The summed E-state index contributed by atoms with van der Waals surface area (Å²) in [5.74, 6) is 0. The molecule has 0 atom stereocenters. The number of hydrogen-bond donors (Lipinski definition) is 0. The lowest BCUT2D eigenvalue weighted by molar-refractivity contribution is 0.161. The van der Waals surface area contributed by atoms with Crippen LogP contribution in [0.3, 0.4) is 0 Å². The van der Waals surface area contributed by atoms with Crippen LogP contribution in [0.1, 0.15) is 19.3 Å². The van der Waals surface area contributed by atoms with Gasteiger partial charge in [0.15, 0.2) is 5.13 Å². The number of rotatable bonds is 0. The molecule has 0 radical (unpaired) electrons. The normalized spacial score (nSPS) is 29.0. The molecule has 0 aromatic rings. The van der Waals surface area contributed by atoms with Crippen LogP contribution < -0.4 is 0 Å². The fourth-order valence-corrected chi connectivity index (χ4v) is 0.711. The van der Waals surface area contributed by atoms with E-state index in [1.807, 2.05) is 0 Å². The summed E-state index contributed by atoms with van der Waals surface area (Å²) < 4.78 is 12.0. The Morgan fingerprint density at radius 1 is 1.50 bits per heavy atom. The standard InChI is InChI=1S/C4H6ClF/c5-4(6)2-1-3-4/h1-3H2. The lowest BCUT2D eigenvalue weighted by atomic mass is 9.97. The molecule has 1 saturated carbocycles. The Kier molecular flexibility index (Phi) is 0.798. The maximum absolute atomic E-state index is 12.0. The molecule has 1 aliphatic carbocycles. The van der Waals surface area contributed by atoms with Crippen molar-refractivity contribution < 1.29 is 4.39 Å². The van der Waals surface area contributed by atoms with Crippen molar-refractivity contribution >= 4 is 11.6 Å². The van der Waals surface area contributed by atoms with Crippen LogP contribution in [0.5, 0.6) is 0 Å². The second-order valence-corrected chi connectivity index (χ2v) is 2.39. The summed E-state index contributed by atoms with van der Waals surface area (Å²) >= 11 is 5.14. The van der Waals surface area contributed by atoms with Crippen molar-refractivity contribution in [1.82, 2.24) is 0 Å². The van der Waals surface area contributed by atoms with Gasteiger partial charge in [-0.3, -0.25) is 0 Å². The average Bonchev–Trinajstić information content (AvgIpc) is 1.32. The third kappa shape index (κ3) is 0.648. The Morgan fingerprint density at radius 2 is 1.83 bits per heavy atom. The molecule has 0 saturated heterocycles. The first-order valence-corrected chi connectivity index (χ1v) is 2.46. The highest BCUT2D eigenvalue weighted by atomic mass is 35.5. The molecule has 0 N–H and O–H groups in total. The van der Waals surface area contributed by atoms with Crippen molar-refractivity contribution in [3.63, 3.8) is 0 Å². The molecule has 0 spiro atoms. The first-order chi connectivity index (χ1) is 2.71. The van der Waals surface area contributed by atoms with Crippen molar-refractivity contribution in [1.29, 1.82) is 0 Å². The minimum Gasteiger partial charge on any atom is -0.226 e. The van der Waals surface area contributed by atoms with Crippen molar-refractivity contribution in [2.24, 2.45) is 0 Å². The Balaban J connectivity index is 2.31. The Labute approximate surface area is 41.3 Å². The minimum atomic E-state index is -1.31. The van der Waals surface area contributed by atoms with Crippen molar-refractivity contribution in [3.05, 3.63) is 0 Å². The molecule has 1 rings (SSSR count). The van der Waals surface area contributed by atoms with Gasteiger partial charge < -0.3 is 0 Å². The zero-order valence-electron chi connectivity index (χ0n) is 3.38. The predicted octanol–water partition coefficient (Wildman–Crippen LogP) is 2.07. The molecule has 36 valence electrons. The summed E-state index contributed by atoms with van der Waals surface area (Å²) in [4.78, 5) is 0. The molecule has 2 heteroatoms. The molecule has 1 fully saturated rings. The largest absolute Gasteiger partial charge is 0.226 e. The van der Waals surface area contributed by atoms with E-state index in [9.17, 15) is 4.39 Å². The van der Waals surface area contributed by atoms with Crippen LogP contribution in [-0.4, -0.2) is 5.13 Å². The predicted molar refractivity (Wildman–Crippen MR) is 23.5 cm³/mol. The molecule has 0 aromatic heterocycles. The van der Waals surface area contributed by atoms with Crippen LogP contribution in [0.2, 0.25) is 0 Å². The summed E-state index contributed by atoms with van der Waals surface area (Å²) in [5, 5.41) is -1.31. The highest BCUT2D eigenvalue weighted by Crippen LogP contribution is 2.38. The lowest BCUT2D eigenvalue weighted by Crippen LogP contribution is -2.23. The summed E-state index contributed by atoms with van der Waals surface area (Å²) in [5.41, 5.74) is 0. The van der Waals surface area contributed by atoms with E-state index in [0.29, 0.717) is 12.8 Å². The van der Waals surface area contributed by atoms with Gasteiger partial charge in [0.1, 0.15) is 0 Å². The summed E-state index contributed by atoms with van der Waals surface area (Å²) in [7, 11) is 0. The fourth-order valence-electron chi connectivity index (χ4n) is 0.444. The number of halogens is 2. The highest BCUT2D eigenvalue weighted by Gasteiger charge is 2.33. The van der Waals surface area contributed by atoms with Crippen molar-refractivity contribution in [2.45, 2.75) is 24.4 Å². The zero-order valence-corrected chi connectivity index (χ0v) is 4.13. The molecular weight excluding hydrogens is 102 g/mol. The Morgan fingerprint density at radius 3 is 1.83 bits per heavy atom. The SMILES string of the molecule is FC1(Cl)CCC1. The first-order valence-electron chi connectivity index (χ1n) is 2.09. The molecule has 0 aliphatic heterocycles. The third-order valence-electron chi connectivity index (χ3n) is 1.09. The molecule has 1 aliphatic rings. The molecule has 6 heavy (non-hydrogen) atoms. The van der Waals surface area contributed by atoms with E-state index >= 15 is 0 Å². The van der Waals surface area contributed by atoms with E-state index in [0.717, 1.165) is 6.42 Å². The van der Waals surface area contributed by atoms with Crippen LogP contribution in [-0.2, 0) is 0 Å². The smallest absolute Gasteiger partial charge is 0.183 e. The van der Waals surface area contributed by atoms with E-state index in [1.165, 1.54) is 0 Å². The lowest BCUT2D eigenvalue weighted by Gasteiger charge is -2.25. The quantitative estimate of drug-likeness (QED) is 0.417. The van der Waals surface area contributed by atoms with E-state index in [-0.39, 0.29) is 0 Å². The van der Waals surface area contributed by atoms with Gasteiger partial charge >= 0.3 is 0 Å². The van der Waals surface area contributed by atoms with Gasteiger partial charge in [-0.05, 0) is 19.3 Å². The summed E-state index contributed by atoms with van der Waals surface area (Å²) in [6.07, 6.45) is 2.06. The monoisotopic (exact) mass is 108 g/mol. The van der Waals surface area contributed by atoms with E-state index in [1.54, 1.807) is 0 Å². The van der Waals surface area contributed by atoms with E-state index in [4.69, 9.17) is 11.6 Å². The first kappa shape index (κ1) is 4.38. The molecule has 0 aromatic carbocycles. The van der Waals surface area contributed by atoms with Crippen molar-refractivity contribution in [3.8, 4) is 0 Å². The zero-order chi connectivity index (χ0) is 4.62. The molecule has 0 unspecified atom stereocenters. The maximum Gasteiger partial charge on any atom is 0.183 e. The van der Waals surface area contributed by atoms with Gasteiger partial charge in [-0.2, -0.15) is 0 Å². The van der Waals surface area contributed by atoms with Gasteiger partial charge in [-0.25, -0.2) is 4.39 Å². The maximum atomic E-state index is 12.0. The fraction of sp³-hybridized carbons (Fsp3) is 1.00. The van der Waals surface area contributed by atoms with Crippen LogP contribution in [0, 0.1) is 0 Å². The van der Waals surface area contributed by atoms with E-state index < -0.39 is 5.13 Å². The second kappa shape index (κ2) is 1.09. The van der Waals surface area contributed by atoms with Crippen molar-refractivity contribution in [2.75, 3.05) is 0 Å². The van der Waals surface area contributed by atoms with Gasteiger partial charge in [-0.1, -0.05) is 11.6 Å². The average molecular weight is 109 g/mol. The number of hydrogen-bond acceptors (Lipinski definition) is 0. The third-order valence-corrected chi connectivity index (χ3v) is 1.46. The van der Waals surface area contributed by atoms with Gasteiger partial charge in [0.25, 0.3) is 0 Å². The molecule has 0 heterocycles. The molecule has 0 bridgehead atoms. The highest BCUT2D eigenvalue weighted by molar-refractivity contribution is 6.23. The topological polar surface area (TPSA) is 0 Å². The Bertz CT molecular complexity index is 54.6. The van der Waals surface area contributed by atoms with Crippen LogP contribution in [0.4, 0.5) is 4.39 Å². The second-order valence-electron chi connectivity index (χ2n) is 1.71. The van der Waals surface area contributed by atoms with Crippen LogP contribution >= 0.6 is 11.6 Å². The van der Waals surface area contributed by atoms with Crippen LogP contribution in [0.25, 0.3) is 0 Å². The molecule has 0 amide bonds. The minimum absolute atomic E-state index is 0.550. The molecule has 0 nitrogen and oxygen atoms in total. The number of alkyl halides is 2.